The second-order valence-electron chi connectivity index (χ2n) is 6.32. The second kappa shape index (κ2) is 8.14. The molecule has 0 bridgehead atoms. The summed E-state index contributed by atoms with van der Waals surface area (Å²) in [6.07, 6.45) is 6.71. The summed E-state index contributed by atoms with van der Waals surface area (Å²) in [4.78, 5) is 13.1. The van der Waals surface area contributed by atoms with Gasteiger partial charge in [-0.05, 0) is 57.3 Å². The van der Waals surface area contributed by atoms with Gasteiger partial charge >= 0.3 is 5.97 Å². The predicted octanol–water partition coefficient (Wildman–Crippen LogP) is 3.97. The van der Waals surface area contributed by atoms with Gasteiger partial charge in [0.25, 0.3) is 0 Å². The molecule has 1 saturated carbocycles. The molecular formula is C19H27NO2. The molecule has 0 amide bonds. The van der Waals surface area contributed by atoms with Gasteiger partial charge in [-0.15, -0.1) is 0 Å². The van der Waals surface area contributed by atoms with Gasteiger partial charge in [0.1, 0.15) is 6.61 Å². The van der Waals surface area contributed by atoms with Crippen LogP contribution in [0.1, 0.15) is 44.2 Å². The summed E-state index contributed by atoms with van der Waals surface area (Å²) in [5.74, 6) is 0.477. The Morgan fingerprint density at radius 2 is 1.91 bits per heavy atom. The van der Waals surface area contributed by atoms with Gasteiger partial charge in [-0.2, -0.15) is 0 Å². The van der Waals surface area contributed by atoms with Crippen molar-refractivity contribution in [3.63, 3.8) is 0 Å². The third kappa shape index (κ3) is 4.70. The molecule has 1 aromatic rings. The summed E-state index contributed by atoms with van der Waals surface area (Å²) >= 11 is 0. The molecule has 0 radical (unpaired) electrons. The van der Waals surface area contributed by atoms with Crippen molar-refractivity contribution >= 4 is 5.97 Å². The lowest BCUT2D eigenvalue weighted by atomic mass is 9.78. The molecule has 0 heterocycles. The first-order chi connectivity index (χ1) is 10.6. The molecule has 0 aromatic heterocycles. The molecule has 120 valence electrons. The Bertz CT molecular complexity index is 497. The van der Waals surface area contributed by atoms with Gasteiger partial charge in [-0.1, -0.05) is 35.9 Å². The van der Waals surface area contributed by atoms with Crippen LogP contribution in [0.2, 0.25) is 0 Å². The molecule has 0 spiro atoms. The first-order valence-corrected chi connectivity index (χ1v) is 8.10. The van der Waals surface area contributed by atoms with Crippen molar-refractivity contribution in [3.05, 3.63) is 47.5 Å². The Balaban J connectivity index is 1.95. The molecule has 1 fully saturated rings. The van der Waals surface area contributed by atoms with Gasteiger partial charge in [0, 0.05) is 13.0 Å². The van der Waals surface area contributed by atoms with Crippen LogP contribution in [0.4, 0.5) is 0 Å². The van der Waals surface area contributed by atoms with E-state index in [-0.39, 0.29) is 5.97 Å². The molecule has 1 aromatic carbocycles. The molecule has 0 N–H and O–H groups in total. The van der Waals surface area contributed by atoms with Crippen molar-refractivity contribution in [1.29, 1.82) is 0 Å². The molecule has 0 saturated heterocycles. The van der Waals surface area contributed by atoms with Gasteiger partial charge in [0.2, 0.25) is 0 Å². The summed E-state index contributed by atoms with van der Waals surface area (Å²) in [7, 11) is 4.34. The zero-order chi connectivity index (χ0) is 15.9. The lowest BCUT2D eigenvalue weighted by molar-refractivity contribution is -0.139. The maximum atomic E-state index is 10.8. The number of nitrogens with zero attached hydrogens (tertiary/aromatic N) is 1. The molecule has 3 nitrogen and oxygen atoms in total. The Kier molecular flexibility index (Phi) is 6.20. The highest BCUT2D eigenvalue weighted by molar-refractivity contribution is 5.66. The van der Waals surface area contributed by atoms with Crippen LogP contribution in [0.5, 0.6) is 0 Å². The average Bonchev–Trinajstić information content (AvgIpc) is 2.49. The molecule has 1 aliphatic rings. The van der Waals surface area contributed by atoms with Gasteiger partial charge in [0.05, 0.1) is 0 Å². The highest BCUT2D eigenvalue weighted by Gasteiger charge is 2.27. The Morgan fingerprint density at radius 3 is 2.45 bits per heavy atom. The van der Waals surface area contributed by atoms with E-state index in [0.717, 1.165) is 12.8 Å². The van der Waals surface area contributed by atoms with Crippen molar-refractivity contribution in [1.82, 2.24) is 4.90 Å². The minimum absolute atomic E-state index is 0.206. The number of hydrogen-bond acceptors (Lipinski definition) is 3. The summed E-state index contributed by atoms with van der Waals surface area (Å²) in [6.45, 7) is 1.88. The van der Waals surface area contributed by atoms with E-state index in [1.54, 1.807) is 0 Å². The zero-order valence-corrected chi connectivity index (χ0v) is 13.9. The highest BCUT2D eigenvalue weighted by atomic mass is 16.5. The normalized spacial score (nSPS) is 19.8. The average molecular weight is 301 g/mol. The smallest absolute Gasteiger partial charge is 0.302 e. The number of esters is 1. The maximum absolute atomic E-state index is 10.8. The molecule has 2 rings (SSSR count). The molecule has 3 heteroatoms. The van der Waals surface area contributed by atoms with Crippen molar-refractivity contribution in [2.24, 2.45) is 5.92 Å². The van der Waals surface area contributed by atoms with Crippen LogP contribution >= 0.6 is 0 Å². The second-order valence-corrected chi connectivity index (χ2v) is 6.32. The Morgan fingerprint density at radius 1 is 1.27 bits per heavy atom. The topological polar surface area (TPSA) is 29.5 Å². The SMILES string of the molecule is CC(=O)OCC=C1CCC(C(c2ccccc2)N(C)C)CC1. The van der Waals surface area contributed by atoms with Crippen LogP contribution in [0.3, 0.4) is 0 Å². The summed E-state index contributed by atoms with van der Waals surface area (Å²) < 4.78 is 5.00. The zero-order valence-electron chi connectivity index (χ0n) is 13.9. The minimum Gasteiger partial charge on any atom is -0.462 e. The quantitative estimate of drug-likeness (QED) is 0.609. The standard InChI is InChI=1S/C19H27NO2/c1-15(21)22-14-13-16-9-11-18(12-10-16)19(20(2)3)17-7-5-4-6-8-17/h4-8,13,18-19H,9-12,14H2,1-3H3. The molecule has 22 heavy (non-hydrogen) atoms. The third-order valence-corrected chi connectivity index (χ3v) is 4.48. The Labute approximate surface area is 134 Å². The number of rotatable bonds is 5. The fourth-order valence-electron chi connectivity index (χ4n) is 3.45. The van der Waals surface area contributed by atoms with Gasteiger partial charge < -0.3 is 9.64 Å². The molecule has 1 aliphatic carbocycles. The van der Waals surface area contributed by atoms with E-state index in [1.165, 1.54) is 30.9 Å². The van der Waals surface area contributed by atoms with Gasteiger partial charge in [-0.3, -0.25) is 4.79 Å². The van der Waals surface area contributed by atoms with Crippen molar-refractivity contribution in [3.8, 4) is 0 Å². The predicted molar refractivity (Wildman–Crippen MR) is 89.5 cm³/mol. The number of benzene rings is 1. The summed E-state index contributed by atoms with van der Waals surface area (Å²) in [5.41, 5.74) is 2.84. The molecule has 1 atom stereocenters. The number of carbonyl (C=O) groups is 1. The van der Waals surface area contributed by atoms with Crippen LogP contribution in [0, 0.1) is 5.92 Å². The number of ether oxygens (including phenoxy) is 1. The van der Waals surface area contributed by atoms with Crippen molar-refractivity contribution < 1.29 is 9.53 Å². The largest absolute Gasteiger partial charge is 0.462 e. The first-order valence-electron chi connectivity index (χ1n) is 8.10. The molecular weight excluding hydrogens is 274 g/mol. The molecule has 1 unspecified atom stereocenters. The van der Waals surface area contributed by atoms with E-state index in [1.807, 2.05) is 0 Å². The van der Waals surface area contributed by atoms with E-state index in [0.29, 0.717) is 18.6 Å². The Hall–Kier alpha value is -1.61. The highest BCUT2D eigenvalue weighted by Crippen LogP contribution is 2.38. The van der Waals surface area contributed by atoms with E-state index >= 15 is 0 Å². The summed E-state index contributed by atoms with van der Waals surface area (Å²) in [5, 5.41) is 0. The minimum atomic E-state index is -0.206. The number of hydrogen-bond donors (Lipinski definition) is 0. The monoisotopic (exact) mass is 301 g/mol. The third-order valence-electron chi connectivity index (χ3n) is 4.48. The lowest BCUT2D eigenvalue weighted by Crippen LogP contribution is -2.29. The fraction of sp³-hybridized carbons (Fsp3) is 0.526. The summed E-state index contributed by atoms with van der Waals surface area (Å²) in [6, 6.07) is 11.3. The van der Waals surface area contributed by atoms with Crippen LogP contribution in [-0.4, -0.2) is 31.6 Å². The van der Waals surface area contributed by atoms with E-state index in [2.05, 4.69) is 55.4 Å². The van der Waals surface area contributed by atoms with Gasteiger partial charge in [0.15, 0.2) is 0 Å². The lowest BCUT2D eigenvalue weighted by Gasteiger charge is -2.36. The van der Waals surface area contributed by atoms with Gasteiger partial charge in [-0.25, -0.2) is 0 Å². The molecule has 0 aliphatic heterocycles. The van der Waals surface area contributed by atoms with E-state index in [9.17, 15) is 4.79 Å². The van der Waals surface area contributed by atoms with Crippen LogP contribution in [0.15, 0.2) is 42.0 Å². The van der Waals surface area contributed by atoms with Crippen molar-refractivity contribution in [2.45, 2.75) is 38.6 Å². The number of allylic oxidation sites excluding steroid dienone is 1. The first kappa shape index (κ1) is 16.8. The van der Waals surface area contributed by atoms with Crippen molar-refractivity contribution in [2.75, 3.05) is 20.7 Å². The van der Waals surface area contributed by atoms with Crippen LogP contribution < -0.4 is 0 Å². The number of carbonyl (C=O) groups excluding carboxylic acids is 1. The van der Waals surface area contributed by atoms with Crippen LogP contribution in [-0.2, 0) is 9.53 Å². The van der Waals surface area contributed by atoms with E-state index < -0.39 is 0 Å². The van der Waals surface area contributed by atoms with Crippen LogP contribution in [0.25, 0.3) is 0 Å². The maximum Gasteiger partial charge on any atom is 0.302 e. The fourth-order valence-corrected chi connectivity index (χ4v) is 3.45. The van der Waals surface area contributed by atoms with E-state index in [4.69, 9.17) is 4.74 Å².